The first-order chi connectivity index (χ1) is 8.59. The maximum atomic E-state index is 6.64. The highest BCUT2D eigenvalue weighted by atomic mass is 28.4. The van der Waals surface area contributed by atoms with E-state index in [1.54, 1.807) is 0 Å². The summed E-state index contributed by atoms with van der Waals surface area (Å²) in [6, 6.07) is 0. The van der Waals surface area contributed by atoms with E-state index in [4.69, 9.17) is 8.85 Å². The summed E-state index contributed by atoms with van der Waals surface area (Å²) >= 11 is 0. The van der Waals surface area contributed by atoms with Crippen molar-refractivity contribution in [3.63, 3.8) is 0 Å². The van der Waals surface area contributed by atoms with Gasteiger partial charge in [-0.1, -0.05) is 26.5 Å². The molecule has 0 bridgehead atoms. The van der Waals surface area contributed by atoms with Crippen LogP contribution in [0.5, 0.6) is 0 Å². The largest absolute Gasteiger partial charge is 0.412 e. The summed E-state index contributed by atoms with van der Waals surface area (Å²) in [5, 5.41) is -0.0969. The summed E-state index contributed by atoms with van der Waals surface area (Å²) in [7, 11) is -3.74. The highest BCUT2D eigenvalue weighted by molar-refractivity contribution is 6.79. The van der Waals surface area contributed by atoms with Gasteiger partial charge in [0.25, 0.3) is 0 Å². The molecule has 0 heterocycles. The third-order valence-corrected chi connectivity index (χ3v) is 10.4. The molecule has 0 rings (SSSR count). The summed E-state index contributed by atoms with van der Waals surface area (Å²) in [5.41, 5.74) is 2.03. The van der Waals surface area contributed by atoms with Gasteiger partial charge in [-0.3, -0.25) is 0 Å². The van der Waals surface area contributed by atoms with Crippen LogP contribution in [0.1, 0.15) is 47.0 Å². The Morgan fingerprint density at radius 1 is 1.11 bits per heavy atom. The van der Waals surface area contributed by atoms with E-state index in [0.717, 1.165) is 19.3 Å². The van der Waals surface area contributed by atoms with Crippen LogP contribution in [0.4, 0.5) is 0 Å². The molecule has 0 radical (unpaired) electrons. The maximum Gasteiger partial charge on any atom is 0.217 e. The molecule has 0 spiro atoms. The molecule has 114 valence electrons. The van der Waals surface area contributed by atoms with Crippen molar-refractivity contribution in [2.24, 2.45) is 0 Å². The summed E-state index contributed by atoms with van der Waals surface area (Å²) in [6.45, 7) is 21.8. The average Bonchev–Trinajstić information content (AvgIpc) is 2.35. The lowest BCUT2D eigenvalue weighted by molar-refractivity contribution is 0.0809. The fraction of sp³-hybridized carbons (Fsp3) is 0.867. The van der Waals surface area contributed by atoms with E-state index in [1.807, 2.05) is 5.70 Å². The maximum absolute atomic E-state index is 6.64. The minimum atomic E-state index is -1.93. The van der Waals surface area contributed by atoms with Gasteiger partial charge >= 0.3 is 0 Å². The van der Waals surface area contributed by atoms with E-state index in [-0.39, 0.29) is 5.22 Å². The second-order valence-corrected chi connectivity index (χ2v) is 14.4. The van der Waals surface area contributed by atoms with Crippen LogP contribution < -0.4 is 0 Å². The van der Waals surface area contributed by atoms with E-state index >= 15 is 0 Å². The summed E-state index contributed by atoms with van der Waals surface area (Å²) in [5.74, 6) is 0. The first-order valence-electron chi connectivity index (χ1n) is 7.61. The van der Waals surface area contributed by atoms with Crippen molar-refractivity contribution in [3.8, 4) is 0 Å². The Morgan fingerprint density at radius 2 is 1.58 bits per heavy atom. The molecule has 0 saturated heterocycles. The van der Waals surface area contributed by atoms with Crippen LogP contribution in [0.25, 0.3) is 0 Å². The zero-order chi connectivity index (χ0) is 15.3. The minimum Gasteiger partial charge on any atom is -0.412 e. The Bertz CT molecular complexity index is 284. The quantitative estimate of drug-likeness (QED) is 0.555. The molecule has 0 aliphatic carbocycles. The van der Waals surface area contributed by atoms with Gasteiger partial charge < -0.3 is 8.85 Å². The number of hydrogen-bond acceptors (Lipinski definition) is 2. The van der Waals surface area contributed by atoms with Crippen molar-refractivity contribution in [2.75, 3.05) is 0 Å². The third-order valence-electron chi connectivity index (χ3n) is 4.26. The second kappa shape index (κ2) is 7.20. The molecule has 4 heteroatoms. The van der Waals surface area contributed by atoms with Crippen molar-refractivity contribution < 1.29 is 8.85 Å². The van der Waals surface area contributed by atoms with Crippen LogP contribution in [-0.4, -0.2) is 28.0 Å². The molecule has 0 aliphatic heterocycles. The van der Waals surface area contributed by atoms with Gasteiger partial charge in [-0.05, 0) is 52.4 Å². The molecule has 0 aliphatic rings. The number of rotatable bonds is 9. The Morgan fingerprint density at radius 3 is 1.89 bits per heavy atom. The van der Waals surface area contributed by atoms with Gasteiger partial charge in [0.1, 0.15) is 0 Å². The molecular weight excluding hydrogens is 268 g/mol. The van der Waals surface area contributed by atoms with Gasteiger partial charge in [0.15, 0.2) is 0 Å². The van der Waals surface area contributed by atoms with Gasteiger partial charge in [0.05, 0.1) is 5.22 Å². The normalized spacial score (nSPS) is 15.4. The monoisotopic (exact) mass is 302 g/mol. The SMILES string of the molecule is C=C[Si](C)(C)OC(CC)(CC)[Si](C)(C)OC(C)CC. The summed E-state index contributed by atoms with van der Waals surface area (Å²) in [6.07, 6.45) is 3.41. The second-order valence-electron chi connectivity index (χ2n) is 6.46. The van der Waals surface area contributed by atoms with Gasteiger partial charge in [-0.2, -0.15) is 0 Å². The van der Waals surface area contributed by atoms with Gasteiger partial charge in [-0.15, -0.1) is 6.58 Å². The topological polar surface area (TPSA) is 18.5 Å². The van der Waals surface area contributed by atoms with Crippen LogP contribution in [0.15, 0.2) is 12.3 Å². The lowest BCUT2D eigenvalue weighted by atomic mass is 10.2. The molecule has 0 aromatic rings. The van der Waals surface area contributed by atoms with Crippen LogP contribution in [0, 0.1) is 0 Å². The van der Waals surface area contributed by atoms with E-state index in [9.17, 15) is 0 Å². The highest BCUT2D eigenvalue weighted by Gasteiger charge is 2.50. The molecule has 0 amide bonds. The standard InChI is InChI=1S/C15H34O2Si2/c1-10-14(5)16-19(8,9)15(11-2,12-3)17-18(6,7)13-4/h13-14H,4,10-12H2,1-3,5-9H3. The summed E-state index contributed by atoms with van der Waals surface area (Å²) < 4.78 is 13.1. The molecule has 0 N–H and O–H groups in total. The lowest BCUT2D eigenvalue weighted by Gasteiger charge is -2.48. The first-order valence-corrected chi connectivity index (χ1v) is 13.5. The van der Waals surface area contributed by atoms with Crippen molar-refractivity contribution in [1.82, 2.24) is 0 Å². The molecule has 1 atom stereocenters. The molecule has 1 unspecified atom stereocenters. The lowest BCUT2D eigenvalue weighted by Crippen LogP contribution is -2.62. The first kappa shape index (κ1) is 19.1. The molecule has 0 saturated carbocycles. The zero-order valence-corrected chi connectivity index (χ0v) is 16.3. The van der Waals surface area contributed by atoms with E-state index in [0.29, 0.717) is 6.10 Å². The van der Waals surface area contributed by atoms with Crippen LogP contribution in [0.3, 0.4) is 0 Å². The third kappa shape index (κ3) is 4.85. The molecule has 0 aromatic heterocycles. The predicted octanol–water partition coefficient (Wildman–Crippen LogP) is 5.05. The molecule has 19 heavy (non-hydrogen) atoms. The Hall–Kier alpha value is 0.0938. The zero-order valence-electron chi connectivity index (χ0n) is 14.3. The van der Waals surface area contributed by atoms with Gasteiger partial charge in [0.2, 0.25) is 16.6 Å². The summed E-state index contributed by atoms with van der Waals surface area (Å²) in [4.78, 5) is 0. The predicted molar refractivity (Wildman–Crippen MR) is 90.4 cm³/mol. The fourth-order valence-corrected chi connectivity index (χ4v) is 8.85. The van der Waals surface area contributed by atoms with E-state index < -0.39 is 16.6 Å². The Labute approximate surface area is 122 Å². The fourth-order valence-electron chi connectivity index (χ4n) is 2.61. The van der Waals surface area contributed by atoms with E-state index in [2.05, 4.69) is 60.5 Å². The highest BCUT2D eigenvalue weighted by Crippen LogP contribution is 2.36. The average molecular weight is 303 g/mol. The van der Waals surface area contributed by atoms with Crippen molar-refractivity contribution >= 4 is 16.6 Å². The van der Waals surface area contributed by atoms with Crippen molar-refractivity contribution in [3.05, 3.63) is 12.3 Å². The number of hydrogen-bond donors (Lipinski definition) is 0. The van der Waals surface area contributed by atoms with Crippen molar-refractivity contribution in [2.45, 2.75) is 84.5 Å². The van der Waals surface area contributed by atoms with Crippen LogP contribution in [-0.2, 0) is 8.85 Å². The minimum absolute atomic E-state index is 0.0969. The van der Waals surface area contributed by atoms with Crippen LogP contribution >= 0.6 is 0 Å². The van der Waals surface area contributed by atoms with Gasteiger partial charge in [0, 0.05) is 6.10 Å². The smallest absolute Gasteiger partial charge is 0.217 e. The van der Waals surface area contributed by atoms with Crippen molar-refractivity contribution in [1.29, 1.82) is 0 Å². The molecule has 0 aromatic carbocycles. The molecule has 2 nitrogen and oxygen atoms in total. The Kier molecular flexibility index (Phi) is 7.24. The van der Waals surface area contributed by atoms with Gasteiger partial charge in [-0.25, -0.2) is 0 Å². The molecular formula is C15H34O2Si2. The molecule has 0 fully saturated rings. The Balaban J connectivity index is 5.31. The van der Waals surface area contributed by atoms with E-state index in [1.165, 1.54) is 0 Å². The van der Waals surface area contributed by atoms with Crippen LogP contribution in [0.2, 0.25) is 26.2 Å².